The van der Waals surface area contributed by atoms with Gasteiger partial charge in [0.1, 0.15) is 11.3 Å². The van der Waals surface area contributed by atoms with E-state index in [0.717, 1.165) is 12.1 Å². The zero-order valence-electron chi connectivity index (χ0n) is 19.7. The number of hydrogen-bond acceptors (Lipinski definition) is 7. The summed E-state index contributed by atoms with van der Waals surface area (Å²) in [5.41, 5.74) is 0.259. The maximum atomic E-state index is 13.1. The molecule has 0 unspecified atom stereocenters. The molecule has 2 N–H and O–H groups in total. The maximum Gasteiger partial charge on any atom is 0.335 e. The third kappa shape index (κ3) is 6.50. The molecule has 40 heavy (non-hydrogen) atoms. The Labute approximate surface area is 252 Å². The summed E-state index contributed by atoms with van der Waals surface area (Å²) in [6.45, 7) is -0.356. The first-order valence-corrected chi connectivity index (χ1v) is 13.3. The first-order valence-electron chi connectivity index (χ1n) is 11.0. The topological polar surface area (TPSA) is 148 Å². The van der Waals surface area contributed by atoms with E-state index >= 15 is 0 Å². The van der Waals surface area contributed by atoms with Crippen LogP contribution in [0.15, 0.2) is 69.1 Å². The van der Waals surface area contributed by atoms with Gasteiger partial charge in [-0.15, -0.1) is 0 Å². The number of rotatable bonds is 7. The molecule has 1 heterocycles. The van der Waals surface area contributed by atoms with Crippen LogP contribution >= 0.6 is 55.1 Å². The van der Waals surface area contributed by atoms with Crippen LogP contribution in [0.3, 0.4) is 0 Å². The summed E-state index contributed by atoms with van der Waals surface area (Å²) in [5, 5.41) is 16.2. The summed E-state index contributed by atoms with van der Waals surface area (Å²) in [7, 11) is 0. The molecule has 0 spiro atoms. The lowest BCUT2D eigenvalue weighted by Crippen LogP contribution is -2.54. The number of imide groups is 2. The van der Waals surface area contributed by atoms with Crippen molar-refractivity contribution in [1.82, 2.24) is 5.32 Å². The van der Waals surface area contributed by atoms with Gasteiger partial charge in [0.05, 0.1) is 29.6 Å². The maximum absolute atomic E-state index is 13.1. The number of nitrogens with zero attached hydrogens (tertiary/aromatic N) is 2. The van der Waals surface area contributed by atoms with Gasteiger partial charge in [-0.2, -0.15) is 0 Å². The van der Waals surface area contributed by atoms with E-state index in [1.807, 2.05) is 0 Å². The minimum Gasteiger partial charge on any atom is -0.481 e. The number of urea groups is 1. The molecule has 1 aliphatic heterocycles. The van der Waals surface area contributed by atoms with E-state index in [-0.39, 0.29) is 34.3 Å². The molecule has 0 aliphatic carbocycles. The van der Waals surface area contributed by atoms with Crippen molar-refractivity contribution in [2.45, 2.75) is 0 Å². The normalized spacial score (nSPS) is 14.2. The third-order valence-electron chi connectivity index (χ3n) is 5.30. The summed E-state index contributed by atoms with van der Waals surface area (Å²) in [4.78, 5) is 61.3. The van der Waals surface area contributed by atoms with Gasteiger partial charge in [0, 0.05) is 17.8 Å². The summed E-state index contributed by atoms with van der Waals surface area (Å²) < 4.78 is 6.41. The van der Waals surface area contributed by atoms with Crippen LogP contribution in [-0.4, -0.2) is 35.3 Å². The number of hydrogen-bond donors (Lipinski definition) is 2. The van der Waals surface area contributed by atoms with Crippen molar-refractivity contribution in [3.8, 4) is 5.75 Å². The van der Waals surface area contributed by atoms with E-state index in [1.54, 1.807) is 12.1 Å². The van der Waals surface area contributed by atoms with E-state index < -0.39 is 28.7 Å². The average molecular weight is 713 g/mol. The van der Waals surface area contributed by atoms with Crippen LogP contribution < -0.4 is 20.3 Å². The van der Waals surface area contributed by atoms with Crippen molar-refractivity contribution in [3.05, 3.63) is 94.8 Å². The first kappa shape index (κ1) is 29.2. The first-order chi connectivity index (χ1) is 18.9. The second-order valence-electron chi connectivity index (χ2n) is 8.01. The molecule has 1 saturated heterocycles. The Morgan fingerprint density at radius 1 is 1.02 bits per heavy atom. The van der Waals surface area contributed by atoms with Gasteiger partial charge in [-0.1, -0.05) is 23.2 Å². The van der Waals surface area contributed by atoms with Gasteiger partial charge < -0.3 is 10.1 Å². The van der Waals surface area contributed by atoms with Gasteiger partial charge in [0.25, 0.3) is 23.4 Å². The number of barbiturate groups is 1. The molecule has 4 rings (SSSR count). The molecule has 0 atom stereocenters. The van der Waals surface area contributed by atoms with Crippen LogP contribution in [0.2, 0.25) is 10.0 Å². The lowest BCUT2D eigenvalue weighted by Gasteiger charge is -2.26. The fraction of sp³-hybridized carbons (Fsp3) is 0.0400. The van der Waals surface area contributed by atoms with Gasteiger partial charge in [-0.05, 0) is 86.0 Å². The molecule has 5 amide bonds. The number of anilines is 2. The molecule has 3 aromatic carbocycles. The fourth-order valence-corrected chi connectivity index (χ4v) is 5.24. The molecule has 204 valence electrons. The number of nitrogens with one attached hydrogen (secondary N) is 2. The Hall–Kier alpha value is -3.78. The number of nitro groups is 1. The molecule has 1 aliphatic rings. The fourth-order valence-electron chi connectivity index (χ4n) is 3.49. The van der Waals surface area contributed by atoms with Crippen molar-refractivity contribution in [3.63, 3.8) is 0 Å². The highest BCUT2D eigenvalue weighted by Gasteiger charge is 2.37. The number of carbonyl (C=O) groups is 4. The monoisotopic (exact) mass is 710 g/mol. The SMILES string of the molecule is O=C(COc1c(Br)cc(/C=C2/C(=O)NC(=O)N(c3ccc([N+](=O)[O-])cc3)C2=O)cc1Br)Nc1ccc(Cl)c(Cl)c1. The van der Waals surface area contributed by atoms with E-state index in [1.165, 1.54) is 36.4 Å². The van der Waals surface area contributed by atoms with Gasteiger partial charge in [0.2, 0.25) is 0 Å². The average Bonchev–Trinajstić information content (AvgIpc) is 2.88. The Kier molecular flexibility index (Phi) is 8.88. The highest BCUT2D eigenvalue weighted by Crippen LogP contribution is 2.36. The summed E-state index contributed by atoms with van der Waals surface area (Å²) in [6, 6.07) is 11.4. The zero-order valence-corrected chi connectivity index (χ0v) is 24.4. The van der Waals surface area contributed by atoms with Gasteiger partial charge >= 0.3 is 6.03 Å². The van der Waals surface area contributed by atoms with Crippen LogP contribution in [0, 0.1) is 10.1 Å². The minimum atomic E-state index is -0.994. The van der Waals surface area contributed by atoms with Gasteiger partial charge in [-0.25, -0.2) is 9.69 Å². The van der Waals surface area contributed by atoms with Crippen LogP contribution in [0.5, 0.6) is 5.75 Å². The van der Waals surface area contributed by atoms with Crippen molar-refractivity contribution in [1.29, 1.82) is 0 Å². The summed E-state index contributed by atoms with van der Waals surface area (Å²) in [6.07, 6.45) is 1.26. The number of non-ortho nitro benzene ring substituents is 1. The van der Waals surface area contributed by atoms with Crippen molar-refractivity contribution in [2.24, 2.45) is 0 Å². The molecule has 1 fully saturated rings. The zero-order chi connectivity index (χ0) is 29.1. The smallest absolute Gasteiger partial charge is 0.335 e. The van der Waals surface area contributed by atoms with Crippen LogP contribution in [-0.2, 0) is 14.4 Å². The number of carbonyl (C=O) groups excluding carboxylic acids is 4. The van der Waals surface area contributed by atoms with E-state index in [9.17, 15) is 29.3 Å². The van der Waals surface area contributed by atoms with Gasteiger partial charge in [0.15, 0.2) is 6.61 Å². The molecule has 0 bridgehead atoms. The second-order valence-corrected chi connectivity index (χ2v) is 10.5. The van der Waals surface area contributed by atoms with E-state index in [4.69, 9.17) is 27.9 Å². The van der Waals surface area contributed by atoms with Crippen LogP contribution in [0.1, 0.15) is 5.56 Å². The van der Waals surface area contributed by atoms with Crippen LogP contribution in [0.25, 0.3) is 6.08 Å². The molecule has 0 aromatic heterocycles. The van der Waals surface area contributed by atoms with Crippen molar-refractivity contribution >= 4 is 102 Å². The van der Waals surface area contributed by atoms with E-state index in [2.05, 4.69) is 42.5 Å². The molecular weight excluding hydrogens is 699 g/mol. The number of ether oxygens (including phenoxy) is 1. The molecule has 0 saturated carbocycles. The lowest BCUT2D eigenvalue weighted by molar-refractivity contribution is -0.384. The highest BCUT2D eigenvalue weighted by molar-refractivity contribution is 9.11. The number of amides is 5. The molecule has 3 aromatic rings. The van der Waals surface area contributed by atoms with Gasteiger partial charge in [-0.3, -0.25) is 29.8 Å². The quantitative estimate of drug-likeness (QED) is 0.130. The molecule has 15 heteroatoms. The second kappa shape index (κ2) is 12.2. The Morgan fingerprint density at radius 2 is 1.68 bits per heavy atom. The number of nitro benzene ring substituents is 1. The largest absolute Gasteiger partial charge is 0.481 e. The Morgan fingerprint density at radius 3 is 2.27 bits per heavy atom. The predicted octanol–water partition coefficient (Wildman–Crippen LogP) is 6.11. The predicted molar refractivity (Wildman–Crippen MR) is 155 cm³/mol. The minimum absolute atomic E-state index is 0.0387. The number of benzene rings is 3. The standard InChI is InChI=1S/C25H14Br2Cl2N4O7/c26-17-8-12(9-18(27)22(17)40-11-21(34)30-13-1-6-19(28)20(29)10-13)7-16-23(35)31-25(37)32(24(16)36)14-2-4-15(5-3-14)33(38)39/h1-10H,11H2,(H,30,34)(H,31,35,37)/b16-7-. The summed E-state index contributed by atoms with van der Waals surface area (Å²) >= 11 is 18.5. The van der Waals surface area contributed by atoms with Crippen molar-refractivity contribution < 1.29 is 28.8 Å². The van der Waals surface area contributed by atoms with Crippen molar-refractivity contribution in [2.75, 3.05) is 16.8 Å². The molecule has 11 nitrogen and oxygen atoms in total. The highest BCUT2D eigenvalue weighted by atomic mass is 79.9. The third-order valence-corrected chi connectivity index (χ3v) is 7.22. The molecular formula is C25H14Br2Cl2N4O7. The van der Waals surface area contributed by atoms with E-state index in [0.29, 0.717) is 30.1 Å². The number of halogens is 4. The van der Waals surface area contributed by atoms with Crippen LogP contribution in [0.4, 0.5) is 21.9 Å². The summed E-state index contributed by atoms with van der Waals surface area (Å²) in [5.74, 6) is -2.04. The molecule has 0 radical (unpaired) electrons. The Bertz CT molecular complexity index is 1590. The lowest BCUT2D eigenvalue weighted by atomic mass is 10.1. The Balaban J connectivity index is 1.51.